The summed E-state index contributed by atoms with van der Waals surface area (Å²) in [6.45, 7) is 9.78. The Balaban J connectivity index is 1.08. The lowest BCUT2D eigenvalue weighted by atomic mass is 9.42. The van der Waals surface area contributed by atoms with Gasteiger partial charge in [0.25, 0.3) is 0 Å². The van der Waals surface area contributed by atoms with E-state index >= 15 is 0 Å². The van der Waals surface area contributed by atoms with E-state index in [2.05, 4.69) is 196 Å². The molecule has 2 nitrogen and oxygen atoms in total. The van der Waals surface area contributed by atoms with Crippen LogP contribution in [0.5, 0.6) is 11.5 Å². The average molecular weight is 820 g/mol. The van der Waals surface area contributed by atoms with Gasteiger partial charge >= 0.3 is 0 Å². The molecule has 0 radical (unpaired) electrons. The third kappa shape index (κ3) is 5.13. The molecule has 2 heteroatoms. The summed E-state index contributed by atoms with van der Waals surface area (Å²) in [5, 5.41) is 0. The van der Waals surface area contributed by atoms with Gasteiger partial charge in [-0.25, -0.2) is 0 Å². The Hall–Kier alpha value is -5.86. The highest BCUT2D eigenvalue weighted by Gasteiger charge is 2.61. The first-order valence-electron chi connectivity index (χ1n) is 23.9. The van der Waals surface area contributed by atoms with Crippen molar-refractivity contribution in [3.63, 3.8) is 0 Å². The van der Waals surface area contributed by atoms with Gasteiger partial charge in [-0.15, -0.1) is 0 Å². The third-order valence-electron chi connectivity index (χ3n) is 17.4. The topological polar surface area (TPSA) is 12.5 Å². The molecule has 0 saturated heterocycles. The van der Waals surface area contributed by atoms with Crippen LogP contribution in [0.25, 0.3) is 11.1 Å². The summed E-state index contributed by atoms with van der Waals surface area (Å²) in [6.07, 6.45) is 9.11. The Labute approximate surface area is 374 Å². The summed E-state index contributed by atoms with van der Waals surface area (Å²) in [4.78, 5) is 2.57. The molecule has 1 heterocycles. The van der Waals surface area contributed by atoms with E-state index in [9.17, 15) is 0 Å². The van der Waals surface area contributed by atoms with E-state index in [1.54, 1.807) is 0 Å². The van der Waals surface area contributed by atoms with E-state index in [1.165, 1.54) is 99.8 Å². The van der Waals surface area contributed by atoms with Crippen molar-refractivity contribution in [2.75, 3.05) is 4.90 Å². The maximum Gasteiger partial charge on any atom is 0.155 e. The molecule has 0 amide bonds. The largest absolute Gasteiger partial charge is 0.455 e. The van der Waals surface area contributed by atoms with Crippen LogP contribution in [-0.2, 0) is 21.7 Å². The lowest BCUT2D eigenvalue weighted by Crippen LogP contribution is -2.57. The maximum atomic E-state index is 7.42. The van der Waals surface area contributed by atoms with E-state index in [-0.39, 0.29) is 16.2 Å². The van der Waals surface area contributed by atoms with Crippen LogP contribution in [0.15, 0.2) is 164 Å². The summed E-state index contributed by atoms with van der Waals surface area (Å²) in [5.41, 5.74) is 16.7. The van der Waals surface area contributed by atoms with Crippen LogP contribution >= 0.6 is 0 Å². The smallest absolute Gasteiger partial charge is 0.155 e. The molecule has 63 heavy (non-hydrogen) atoms. The van der Waals surface area contributed by atoms with E-state index in [1.807, 2.05) is 0 Å². The summed E-state index contributed by atoms with van der Waals surface area (Å²) < 4.78 is 7.42. The zero-order chi connectivity index (χ0) is 42.3. The van der Waals surface area contributed by atoms with Crippen molar-refractivity contribution in [3.8, 4) is 22.6 Å². The summed E-state index contributed by atoms with van der Waals surface area (Å²) in [5.74, 6) is 5.08. The van der Waals surface area contributed by atoms with E-state index in [0.717, 1.165) is 41.1 Å². The quantitative estimate of drug-likeness (QED) is 0.171. The van der Waals surface area contributed by atoms with Gasteiger partial charge < -0.3 is 9.64 Å². The minimum atomic E-state index is -0.506. The van der Waals surface area contributed by atoms with E-state index in [4.69, 9.17) is 4.74 Å². The lowest BCUT2D eigenvalue weighted by Gasteiger charge is -2.63. The molecule has 6 aliphatic carbocycles. The van der Waals surface area contributed by atoms with Crippen LogP contribution in [-0.4, -0.2) is 0 Å². The Kier molecular flexibility index (Phi) is 7.97. The average Bonchev–Trinajstić information content (AvgIpc) is 3.61. The number of fused-ring (bicyclic) bond motifs is 6. The number of rotatable bonds is 5. The van der Waals surface area contributed by atoms with E-state index < -0.39 is 5.41 Å². The zero-order valence-corrected chi connectivity index (χ0v) is 37.2. The van der Waals surface area contributed by atoms with Crippen LogP contribution in [0.4, 0.5) is 17.1 Å². The number of hydrogen-bond donors (Lipinski definition) is 0. The van der Waals surface area contributed by atoms with Gasteiger partial charge in [0.2, 0.25) is 0 Å². The van der Waals surface area contributed by atoms with Crippen LogP contribution < -0.4 is 9.64 Å². The lowest BCUT2D eigenvalue weighted by molar-refractivity contribution is -0.0451. The Bertz CT molecular complexity index is 2900. The number of nitrogens with zero attached hydrogens (tertiary/aromatic N) is 1. The molecule has 1 spiro atoms. The van der Waals surface area contributed by atoms with Crippen LogP contribution in [0.3, 0.4) is 0 Å². The number of anilines is 3. The van der Waals surface area contributed by atoms with Gasteiger partial charge in [-0.05, 0) is 160 Å². The predicted octanol–water partition coefficient (Wildman–Crippen LogP) is 15.7. The van der Waals surface area contributed by atoms with Crippen molar-refractivity contribution >= 4 is 17.1 Å². The van der Waals surface area contributed by atoms with Crippen LogP contribution in [0, 0.1) is 23.7 Å². The molecule has 0 atom stereocenters. The van der Waals surface area contributed by atoms with Crippen molar-refractivity contribution < 1.29 is 4.74 Å². The highest BCUT2D eigenvalue weighted by molar-refractivity contribution is 5.88. The molecule has 7 aliphatic rings. The molecule has 7 aromatic rings. The van der Waals surface area contributed by atoms with Crippen molar-refractivity contribution in [1.82, 2.24) is 0 Å². The minimum absolute atomic E-state index is 0.0440. The maximum absolute atomic E-state index is 7.42. The van der Waals surface area contributed by atoms with Gasteiger partial charge in [-0.2, -0.15) is 0 Å². The van der Waals surface area contributed by atoms with Gasteiger partial charge in [0.05, 0.1) is 11.1 Å². The van der Waals surface area contributed by atoms with Gasteiger partial charge in [-0.3, -0.25) is 0 Å². The fourth-order valence-corrected chi connectivity index (χ4v) is 14.8. The first-order valence-corrected chi connectivity index (χ1v) is 23.9. The third-order valence-corrected chi connectivity index (χ3v) is 17.4. The fraction of sp³-hybridized carbons (Fsp3) is 0.311. The first kappa shape index (κ1) is 37.7. The SMILES string of the molecule is CC1(C)CCC(C)(C)c2cc(N(c3cccc(C4(c5ccccc5)c5ccccc5-c5ccccc54)c3)c3cccc4c3Oc3ccccc3C43C4CC5CC(C4)CC3C5)ccc21. The molecule has 4 saturated carbocycles. The second-order valence-electron chi connectivity index (χ2n) is 21.5. The second kappa shape index (κ2) is 13.3. The molecule has 1 aliphatic heterocycles. The Morgan fingerprint density at radius 1 is 0.444 bits per heavy atom. The molecule has 0 N–H and O–H groups in total. The first-order chi connectivity index (χ1) is 30.7. The monoisotopic (exact) mass is 819 g/mol. The van der Waals surface area contributed by atoms with E-state index in [0.29, 0.717) is 11.8 Å². The predicted molar refractivity (Wildman–Crippen MR) is 258 cm³/mol. The second-order valence-corrected chi connectivity index (χ2v) is 21.5. The molecule has 0 unspecified atom stereocenters. The van der Waals surface area contributed by atoms with Gasteiger partial charge in [0.15, 0.2) is 5.75 Å². The summed E-state index contributed by atoms with van der Waals surface area (Å²) >= 11 is 0. The number of ether oxygens (including phenoxy) is 1. The summed E-state index contributed by atoms with van der Waals surface area (Å²) in [6, 6.07) is 62.7. The standard InChI is InChI=1S/C61H57NO/c1-58(2)30-31-59(3,4)54-38-46(28-29-51(54)58)62(55-26-15-25-53-57(55)63-56-27-13-12-24-52(56)61(53)43-33-39-32-40(35-43)36-44(61)34-39)45-19-14-18-42(37-45)60(41-16-6-5-7-17-41)49-22-10-8-20-47(49)48-21-9-11-23-50(48)60/h5-29,37-40,43-44H,30-36H2,1-4H3. The molecular weight excluding hydrogens is 763 g/mol. The molecule has 4 bridgehead atoms. The molecule has 312 valence electrons. The zero-order valence-electron chi connectivity index (χ0n) is 37.2. The van der Waals surface area contributed by atoms with Crippen molar-refractivity contribution in [3.05, 3.63) is 208 Å². The van der Waals surface area contributed by atoms with Crippen molar-refractivity contribution in [1.29, 1.82) is 0 Å². The number of benzene rings is 7. The normalized spacial score (nSPS) is 25.6. The van der Waals surface area contributed by atoms with Gasteiger partial charge in [-0.1, -0.05) is 155 Å². The van der Waals surface area contributed by atoms with Crippen LogP contribution in [0.1, 0.15) is 117 Å². The molecule has 7 aromatic carbocycles. The number of para-hydroxylation sites is 2. The highest BCUT2D eigenvalue weighted by Crippen LogP contribution is 2.70. The summed E-state index contributed by atoms with van der Waals surface area (Å²) in [7, 11) is 0. The van der Waals surface area contributed by atoms with Gasteiger partial charge in [0.1, 0.15) is 5.75 Å². The van der Waals surface area contributed by atoms with Crippen molar-refractivity contribution in [2.45, 2.75) is 94.3 Å². The molecular formula is C61H57NO. The fourth-order valence-electron chi connectivity index (χ4n) is 14.8. The van der Waals surface area contributed by atoms with Crippen molar-refractivity contribution in [2.24, 2.45) is 23.7 Å². The number of hydrogen-bond acceptors (Lipinski definition) is 2. The minimum Gasteiger partial charge on any atom is -0.455 e. The molecule has 14 rings (SSSR count). The van der Waals surface area contributed by atoms with Gasteiger partial charge in [0, 0.05) is 27.9 Å². The Morgan fingerprint density at radius 2 is 1.00 bits per heavy atom. The molecule has 0 aromatic heterocycles. The van der Waals surface area contributed by atoms with Crippen LogP contribution in [0.2, 0.25) is 0 Å². The Morgan fingerprint density at radius 3 is 1.70 bits per heavy atom. The molecule has 4 fully saturated rings. The highest BCUT2D eigenvalue weighted by atomic mass is 16.5.